The summed E-state index contributed by atoms with van der Waals surface area (Å²) in [5.41, 5.74) is 4.76. The maximum absolute atomic E-state index is 13.2. The summed E-state index contributed by atoms with van der Waals surface area (Å²) in [6.45, 7) is 3.77. The van der Waals surface area contributed by atoms with Crippen LogP contribution in [0.2, 0.25) is 0 Å². The van der Waals surface area contributed by atoms with Gasteiger partial charge in [-0.25, -0.2) is 4.98 Å². The fourth-order valence-electron chi connectivity index (χ4n) is 6.37. The zero-order valence-corrected chi connectivity index (χ0v) is 19.9. The first-order chi connectivity index (χ1) is 17.5. The standard InChI is InChI=1S/C27H27N5O4/c33-22-4-3-21(25(34)30-22)32-14-19-18(26(32)35)1-2-20-23(19)36-15-27(20)6-9-31(10-7-27)13-16-11-17-5-8-28-24(17)29-12-16/h1-2,5,8,11-12,21H,3-4,6-7,9-10,13-15H2,(H,28,29)(H,30,33,34). The number of ether oxygens (including phenoxy) is 1. The van der Waals surface area contributed by atoms with E-state index in [0.29, 0.717) is 25.1 Å². The smallest absolute Gasteiger partial charge is 0.255 e. The molecule has 0 radical (unpaired) electrons. The highest BCUT2D eigenvalue weighted by Gasteiger charge is 2.47. The fraction of sp³-hybridized carbons (Fsp3) is 0.407. The normalized spacial score (nSPS) is 23.2. The van der Waals surface area contributed by atoms with Crippen molar-refractivity contribution in [1.29, 1.82) is 0 Å². The van der Waals surface area contributed by atoms with Gasteiger partial charge in [0.1, 0.15) is 17.4 Å². The van der Waals surface area contributed by atoms with Crippen molar-refractivity contribution < 1.29 is 19.1 Å². The molecular weight excluding hydrogens is 458 g/mol. The van der Waals surface area contributed by atoms with Crippen LogP contribution in [0, 0.1) is 0 Å². The molecule has 2 N–H and O–H groups in total. The molecule has 2 fully saturated rings. The van der Waals surface area contributed by atoms with Gasteiger partial charge < -0.3 is 14.6 Å². The third-order valence-electron chi connectivity index (χ3n) is 8.41. The summed E-state index contributed by atoms with van der Waals surface area (Å²) in [6.07, 6.45) is 6.45. The van der Waals surface area contributed by atoms with E-state index in [1.807, 2.05) is 24.5 Å². The van der Waals surface area contributed by atoms with E-state index in [1.165, 1.54) is 11.1 Å². The second kappa shape index (κ2) is 7.89. The molecular formula is C27H27N5O4. The zero-order chi connectivity index (χ0) is 24.4. The summed E-state index contributed by atoms with van der Waals surface area (Å²) < 4.78 is 6.29. The molecule has 2 saturated heterocycles. The number of benzene rings is 1. The van der Waals surface area contributed by atoms with Crippen molar-refractivity contribution in [2.45, 2.75) is 50.2 Å². The number of carbonyl (C=O) groups is 3. The number of rotatable bonds is 3. The van der Waals surface area contributed by atoms with Crippen molar-refractivity contribution in [2.75, 3.05) is 19.7 Å². The van der Waals surface area contributed by atoms with Crippen LogP contribution in [0.5, 0.6) is 5.75 Å². The lowest BCUT2D eigenvalue weighted by Gasteiger charge is -2.38. The predicted molar refractivity (Wildman–Crippen MR) is 130 cm³/mol. The van der Waals surface area contributed by atoms with E-state index < -0.39 is 6.04 Å². The second-order valence-electron chi connectivity index (χ2n) is 10.5. The van der Waals surface area contributed by atoms with E-state index in [4.69, 9.17) is 4.74 Å². The molecule has 6 heterocycles. The van der Waals surface area contributed by atoms with Crippen molar-refractivity contribution in [2.24, 2.45) is 0 Å². The zero-order valence-electron chi connectivity index (χ0n) is 19.9. The summed E-state index contributed by atoms with van der Waals surface area (Å²) in [5, 5.41) is 3.50. The van der Waals surface area contributed by atoms with Gasteiger partial charge in [0, 0.05) is 52.9 Å². The Kier molecular flexibility index (Phi) is 4.73. The number of H-pyrrole nitrogens is 1. The number of hydrogen-bond donors (Lipinski definition) is 2. The van der Waals surface area contributed by atoms with Crippen molar-refractivity contribution in [3.8, 4) is 5.75 Å². The molecule has 184 valence electrons. The van der Waals surface area contributed by atoms with Crippen molar-refractivity contribution in [1.82, 2.24) is 25.1 Å². The number of pyridine rings is 1. The molecule has 9 heteroatoms. The Hall–Kier alpha value is -3.72. The molecule has 2 aromatic heterocycles. The molecule has 1 atom stereocenters. The molecule has 9 nitrogen and oxygen atoms in total. The highest BCUT2D eigenvalue weighted by Crippen LogP contribution is 2.49. The average molecular weight is 486 g/mol. The topological polar surface area (TPSA) is 108 Å². The highest BCUT2D eigenvalue weighted by atomic mass is 16.5. The van der Waals surface area contributed by atoms with Gasteiger partial charge in [-0.1, -0.05) is 6.07 Å². The Morgan fingerprint density at radius 2 is 2.00 bits per heavy atom. The molecule has 1 unspecified atom stereocenters. The summed E-state index contributed by atoms with van der Waals surface area (Å²) in [6, 6.07) is 7.60. The van der Waals surface area contributed by atoms with Gasteiger partial charge >= 0.3 is 0 Å². The molecule has 0 aliphatic carbocycles. The molecule has 0 saturated carbocycles. The molecule has 3 aromatic rings. The van der Waals surface area contributed by atoms with Crippen LogP contribution in [0.15, 0.2) is 36.7 Å². The van der Waals surface area contributed by atoms with Crippen LogP contribution in [0.4, 0.5) is 0 Å². The summed E-state index contributed by atoms with van der Waals surface area (Å²) in [7, 11) is 0. The lowest BCUT2D eigenvalue weighted by molar-refractivity contribution is -0.136. The van der Waals surface area contributed by atoms with Gasteiger partial charge in [-0.2, -0.15) is 0 Å². The SMILES string of the molecule is O=C1CCC(N2Cc3c(ccc4c3OCC43CCN(Cc4cnc5[nH]ccc5c4)CC3)C2=O)C(=O)N1. The van der Waals surface area contributed by atoms with Gasteiger partial charge in [-0.05, 0) is 56.1 Å². The average Bonchev–Trinajstić information content (AvgIpc) is 3.57. The lowest BCUT2D eigenvalue weighted by Crippen LogP contribution is -2.52. The van der Waals surface area contributed by atoms with Crippen LogP contribution in [-0.2, 0) is 28.1 Å². The number of hydrogen-bond acceptors (Lipinski definition) is 6. The van der Waals surface area contributed by atoms with Crippen LogP contribution >= 0.6 is 0 Å². The first-order valence-electron chi connectivity index (χ1n) is 12.6. The Labute approximate surface area is 207 Å². The third kappa shape index (κ3) is 3.26. The number of carbonyl (C=O) groups excluding carboxylic acids is 3. The maximum atomic E-state index is 13.2. The maximum Gasteiger partial charge on any atom is 0.255 e. The number of fused-ring (bicyclic) bond motifs is 5. The Bertz CT molecular complexity index is 1420. The van der Waals surface area contributed by atoms with E-state index in [9.17, 15) is 14.4 Å². The lowest BCUT2D eigenvalue weighted by atomic mass is 9.74. The number of aromatic amines is 1. The molecule has 4 aliphatic heterocycles. The van der Waals surface area contributed by atoms with Gasteiger partial charge in [0.25, 0.3) is 5.91 Å². The van der Waals surface area contributed by atoms with Gasteiger partial charge in [-0.3, -0.25) is 24.6 Å². The number of piperidine rings is 2. The third-order valence-corrected chi connectivity index (χ3v) is 8.41. The van der Waals surface area contributed by atoms with Crippen molar-refractivity contribution in [3.63, 3.8) is 0 Å². The molecule has 0 bridgehead atoms. The van der Waals surface area contributed by atoms with E-state index in [-0.39, 0.29) is 29.6 Å². The van der Waals surface area contributed by atoms with E-state index in [2.05, 4.69) is 32.3 Å². The molecule has 1 aromatic carbocycles. The molecule has 4 aliphatic rings. The van der Waals surface area contributed by atoms with Crippen molar-refractivity contribution >= 4 is 28.8 Å². The largest absolute Gasteiger partial charge is 0.492 e. The van der Waals surface area contributed by atoms with Gasteiger partial charge in [0.05, 0.1) is 13.2 Å². The van der Waals surface area contributed by atoms with Gasteiger partial charge in [0.15, 0.2) is 0 Å². The van der Waals surface area contributed by atoms with Crippen molar-refractivity contribution in [3.05, 3.63) is 58.9 Å². The number of nitrogens with zero attached hydrogens (tertiary/aromatic N) is 3. The van der Waals surface area contributed by atoms with Crippen LogP contribution in [-0.4, -0.2) is 63.2 Å². The minimum absolute atomic E-state index is 0.0468. The highest BCUT2D eigenvalue weighted by molar-refractivity contribution is 6.05. The van der Waals surface area contributed by atoms with Crippen LogP contribution in [0.25, 0.3) is 11.0 Å². The number of aromatic nitrogens is 2. The molecule has 36 heavy (non-hydrogen) atoms. The minimum atomic E-state index is -0.614. The van der Waals surface area contributed by atoms with Crippen LogP contribution < -0.4 is 10.1 Å². The monoisotopic (exact) mass is 485 g/mol. The fourth-order valence-corrected chi connectivity index (χ4v) is 6.37. The van der Waals surface area contributed by atoms with Gasteiger partial charge in [-0.15, -0.1) is 0 Å². The minimum Gasteiger partial charge on any atom is -0.492 e. The second-order valence-corrected chi connectivity index (χ2v) is 10.5. The summed E-state index contributed by atoms with van der Waals surface area (Å²) in [5.74, 6) is -0.000238. The molecule has 1 spiro atoms. The van der Waals surface area contributed by atoms with E-state index in [1.54, 1.807) is 4.90 Å². The van der Waals surface area contributed by atoms with Crippen LogP contribution in [0.1, 0.15) is 52.7 Å². The van der Waals surface area contributed by atoms with Crippen LogP contribution in [0.3, 0.4) is 0 Å². The van der Waals surface area contributed by atoms with E-state index >= 15 is 0 Å². The number of imide groups is 1. The Morgan fingerprint density at radius 3 is 2.83 bits per heavy atom. The van der Waals surface area contributed by atoms with E-state index in [0.717, 1.165) is 54.8 Å². The molecule has 7 rings (SSSR count). The first kappa shape index (κ1) is 21.6. The first-order valence-corrected chi connectivity index (χ1v) is 12.6. The summed E-state index contributed by atoms with van der Waals surface area (Å²) in [4.78, 5) is 48.9. The Morgan fingerprint density at radius 1 is 1.14 bits per heavy atom. The molecule has 3 amide bonds. The quantitative estimate of drug-likeness (QED) is 0.551. The van der Waals surface area contributed by atoms with Gasteiger partial charge in [0.2, 0.25) is 11.8 Å². The summed E-state index contributed by atoms with van der Waals surface area (Å²) >= 11 is 0. The predicted octanol–water partition coefficient (Wildman–Crippen LogP) is 2.25. The Balaban J connectivity index is 1.08. The number of nitrogens with one attached hydrogen (secondary N) is 2. The number of amides is 3. The number of likely N-dealkylation sites (tertiary alicyclic amines) is 1.